The minimum atomic E-state index is -0.167. The highest BCUT2D eigenvalue weighted by molar-refractivity contribution is 7.15. The molecule has 1 fully saturated rings. The topological polar surface area (TPSA) is 67.4 Å². The third kappa shape index (κ3) is 3.11. The maximum atomic E-state index is 11.1. The van der Waals surface area contributed by atoms with Crippen molar-refractivity contribution in [2.24, 2.45) is 0 Å². The van der Waals surface area contributed by atoms with Gasteiger partial charge in [-0.2, -0.15) is 0 Å². The Hall–Kier alpha value is -1.70. The van der Waals surface area contributed by atoms with E-state index in [4.69, 9.17) is 16.3 Å². The molecule has 0 radical (unpaired) electrons. The van der Waals surface area contributed by atoms with Crippen molar-refractivity contribution in [1.29, 1.82) is 0 Å². The van der Waals surface area contributed by atoms with Crippen LogP contribution in [0.25, 0.3) is 0 Å². The molecule has 1 N–H and O–H groups in total. The maximum Gasteiger partial charge on any atom is 0.223 e. The Bertz CT molecular complexity index is 796. The fraction of sp³-hybridized carbons (Fsp3) is 0.438. The Morgan fingerprint density at radius 2 is 2.38 bits per heavy atom. The van der Waals surface area contributed by atoms with Gasteiger partial charge in [0.1, 0.15) is 16.5 Å². The average molecular weight is 365 g/mol. The van der Waals surface area contributed by atoms with E-state index in [1.54, 1.807) is 6.07 Å². The molecule has 1 amide bonds. The standard InChI is InChI=1S/C16H17ClN4O2S/c1-10(22)20-15-19-7-12(24-15)8-21-3-2-16(9-21)5-11-6-18-14(17)4-13(11)23-16/h4,6-7H,2-3,5,8-9H2,1H3,(H,19,20,22). The molecule has 1 saturated heterocycles. The van der Waals surface area contributed by atoms with E-state index in [1.165, 1.54) is 18.3 Å². The molecule has 1 unspecified atom stereocenters. The van der Waals surface area contributed by atoms with Gasteiger partial charge in [-0.1, -0.05) is 11.6 Å². The van der Waals surface area contributed by atoms with Gasteiger partial charge in [0.2, 0.25) is 5.91 Å². The lowest BCUT2D eigenvalue weighted by Gasteiger charge is -2.23. The lowest BCUT2D eigenvalue weighted by Crippen LogP contribution is -2.37. The Balaban J connectivity index is 1.40. The number of thiazole rings is 1. The van der Waals surface area contributed by atoms with Crippen molar-refractivity contribution in [2.45, 2.75) is 31.9 Å². The summed E-state index contributed by atoms with van der Waals surface area (Å²) in [6.07, 6.45) is 5.51. The van der Waals surface area contributed by atoms with Crippen molar-refractivity contribution in [3.05, 3.63) is 34.1 Å². The summed E-state index contributed by atoms with van der Waals surface area (Å²) in [5.41, 5.74) is 0.965. The molecule has 4 heterocycles. The average Bonchev–Trinajstić information content (AvgIpc) is 3.19. The molecule has 2 aromatic heterocycles. The van der Waals surface area contributed by atoms with E-state index < -0.39 is 0 Å². The lowest BCUT2D eigenvalue weighted by atomic mass is 9.97. The minimum Gasteiger partial charge on any atom is -0.485 e. The van der Waals surface area contributed by atoms with Gasteiger partial charge < -0.3 is 10.1 Å². The van der Waals surface area contributed by atoms with Crippen molar-refractivity contribution >= 4 is 34.0 Å². The molecule has 2 aliphatic rings. The molecule has 4 rings (SSSR count). The molecule has 0 aromatic carbocycles. The van der Waals surface area contributed by atoms with Gasteiger partial charge in [-0.25, -0.2) is 9.97 Å². The predicted octanol–water partition coefficient (Wildman–Crippen LogP) is 2.73. The number of carbonyl (C=O) groups is 1. The minimum absolute atomic E-state index is 0.0968. The first-order chi connectivity index (χ1) is 11.5. The maximum absolute atomic E-state index is 11.1. The quantitative estimate of drug-likeness (QED) is 0.848. The highest BCUT2D eigenvalue weighted by atomic mass is 35.5. The highest BCUT2D eigenvalue weighted by Crippen LogP contribution is 2.41. The number of hydrogen-bond acceptors (Lipinski definition) is 6. The summed E-state index contributed by atoms with van der Waals surface area (Å²) in [7, 11) is 0. The molecule has 6 nitrogen and oxygen atoms in total. The smallest absolute Gasteiger partial charge is 0.223 e. The van der Waals surface area contributed by atoms with Crippen molar-refractivity contribution in [3.63, 3.8) is 0 Å². The van der Waals surface area contributed by atoms with E-state index in [0.717, 1.165) is 48.7 Å². The van der Waals surface area contributed by atoms with Crippen LogP contribution in [0.1, 0.15) is 23.8 Å². The van der Waals surface area contributed by atoms with Crippen LogP contribution < -0.4 is 10.1 Å². The number of fused-ring (bicyclic) bond motifs is 1. The van der Waals surface area contributed by atoms with E-state index in [0.29, 0.717) is 10.3 Å². The number of amides is 1. The number of anilines is 1. The second kappa shape index (κ2) is 5.98. The molecule has 24 heavy (non-hydrogen) atoms. The van der Waals surface area contributed by atoms with Gasteiger partial charge in [0.25, 0.3) is 0 Å². The van der Waals surface area contributed by atoms with Crippen LogP contribution in [-0.4, -0.2) is 39.5 Å². The summed E-state index contributed by atoms with van der Waals surface area (Å²) in [5, 5.41) is 3.84. The summed E-state index contributed by atoms with van der Waals surface area (Å²) >= 11 is 7.47. The Labute approximate surface area is 148 Å². The number of likely N-dealkylation sites (tertiary alicyclic amines) is 1. The third-order valence-corrected chi connectivity index (χ3v) is 5.47. The Kier molecular flexibility index (Phi) is 3.94. The van der Waals surface area contributed by atoms with Gasteiger partial charge in [0.15, 0.2) is 5.13 Å². The number of pyridine rings is 1. The number of nitrogens with zero attached hydrogens (tertiary/aromatic N) is 3. The summed E-state index contributed by atoms with van der Waals surface area (Å²) in [5.74, 6) is 0.767. The number of rotatable bonds is 3. The van der Waals surface area contributed by atoms with Crippen LogP contribution in [0.2, 0.25) is 5.15 Å². The molecular weight excluding hydrogens is 348 g/mol. The number of halogens is 1. The van der Waals surface area contributed by atoms with Crippen LogP contribution in [0.5, 0.6) is 5.75 Å². The first-order valence-electron chi connectivity index (χ1n) is 7.79. The number of carbonyl (C=O) groups excluding carboxylic acids is 1. The third-order valence-electron chi connectivity index (χ3n) is 4.36. The van der Waals surface area contributed by atoms with Gasteiger partial charge >= 0.3 is 0 Å². The highest BCUT2D eigenvalue weighted by Gasteiger charge is 2.45. The lowest BCUT2D eigenvalue weighted by molar-refractivity contribution is -0.114. The summed E-state index contributed by atoms with van der Waals surface area (Å²) < 4.78 is 6.23. The predicted molar refractivity (Wildman–Crippen MR) is 92.6 cm³/mol. The normalized spacial score (nSPS) is 22.6. The SMILES string of the molecule is CC(=O)Nc1ncc(CN2CCC3(Cc4cnc(Cl)cc4O3)C2)s1. The van der Waals surface area contributed by atoms with Crippen molar-refractivity contribution in [2.75, 3.05) is 18.4 Å². The second-order valence-corrected chi connectivity index (χ2v) is 7.85. The molecular formula is C16H17ClN4O2S. The Morgan fingerprint density at radius 3 is 3.21 bits per heavy atom. The van der Waals surface area contributed by atoms with Crippen molar-refractivity contribution in [3.8, 4) is 5.75 Å². The van der Waals surface area contributed by atoms with Gasteiger partial charge in [-0.15, -0.1) is 11.3 Å². The zero-order valence-electron chi connectivity index (χ0n) is 13.2. The van der Waals surface area contributed by atoms with Crippen molar-refractivity contribution < 1.29 is 9.53 Å². The zero-order valence-corrected chi connectivity index (χ0v) is 14.8. The molecule has 0 saturated carbocycles. The number of aromatic nitrogens is 2. The molecule has 0 bridgehead atoms. The van der Waals surface area contributed by atoms with Gasteiger partial charge in [-0.3, -0.25) is 9.69 Å². The number of ether oxygens (including phenoxy) is 1. The molecule has 0 aliphatic carbocycles. The molecule has 1 atom stereocenters. The zero-order chi connectivity index (χ0) is 16.7. The van der Waals surface area contributed by atoms with E-state index in [9.17, 15) is 4.79 Å². The largest absolute Gasteiger partial charge is 0.485 e. The molecule has 1 spiro atoms. The van der Waals surface area contributed by atoms with E-state index in [1.807, 2.05) is 12.4 Å². The first-order valence-corrected chi connectivity index (χ1v) is 8.99. The van der Waals surface area contributed by atoms with E-state index >= 15 is 0 Å². The van der Waals surface area contributed by atoms with Crippen molar-refractivity contribution in [1.82, 2.24) is 14.9 Å². The van der Waals surface area contributed by atoms with Gasteiger partial charge in [0.05, 0.1) is 0 Å². The molecule has 2 aliphatic heterocycles. The van der Waals surface area contributed by atoms with E-state index in [-0.39, 0.29) is 11.5 Å². The first kappa shape index (κ1) is 15.8. The van der Waals surface area contributed by atoms with Crippen LogP contribution in [0, 0.1) is 0 Å². The van der Waals surface area contributed by atoms with Gasteiger partial charge in [0, 0.05) is 68.3 Å². The van der Waals surface area contributed by atoms with Crippen LogP contribution in [0.3, 0.4) is 0 Å². The van der Waals surface area contributed by atoms with Crippen LogP contribution in [0.15, 0.2) is 18.5 Å². The van der Waals surface area contributed by atoms with E-state index in [2.05, 4.69) is 20.2 Å². The molecule has 126 valence electrons. The number of nitrogens with one attached hydrogen (secondary N) is 1. The van der Waals surface area contributed by atoms with Crippen LogP contribution >= 0.6 is 22.9 Å². The summed E-state index contributed by atoms with van der Waals surface area (Å²) in [4.78, 5) is 23.0. The number of hydrogen-bond donors (Lipinski definition) is 1. The van der Waals surface area contributed by atoms with Gasteiger partial charge in [-0.05, 0) is 0 Å². The molecule has 2 aromatic rings. The van der Waals surface area contributed by atoms with Crippen LogP contribution in [-0.2, 0) is 17.8 Å². The molecule has 8 heteroatoms. The fourth-order valence-electron chi connectivity index (χ4n) is 3.38. The monoisotopic (exact) mass is 364 g/mol. The summed E-state index contributed by atoms with van der Waals surface area (Å²) in [6.45, 7) is 4.15. The Morgan fingerprint density at radius 1 is 1.50 bits per heavy atom. The van der Waals surface area contributed by atoms with Crippen LogP contribution in [0.4, 0.5) is 5.13 Å². The second-order valence-electron chi connectivity index (χ2n) is 6.35. The fourth-order valence-corrected chi connectivity index (χ4v) is 4.43. The summed E-state index contributed by atoms with van der Waals surface area (Å²) in [6, 6.07) is 1.80.